The molecule has 0 bridgehead atoms. The van der Waals surface area contributed by atoms with Gasteiger partial charge in [0.15, 0.2) is 0 Å². The summed E-state index contributed by atoms with van der Waals surface area (Å²) in [7, 11) is 0. The van der Waals surface area contributed by atoms with Crippen molar-refractivity contribution in [1.29, 1.82) is 0 Å². The van der Waals surface area contributed by atoms with E-state index in [0.717, 1.165) is 16.0 Å². The number of halogens is 1. The van der Waals surface area contributed by atoms with E-state index in [1.165, 1.54) is 10.9 Å². The van der Waals surface area contributed by atoms with Crippen LogP contribution in [0, 0.1) is 0 Å². The van der Waals surface area contributed by atoms with Crippen molar-refractivity contribution in [2.45, 2.75) is 6.92 Å². The summed E-state index contributed by atoms with van der Waals surface area (Å²) in [5.41, 5.74) is 2.24. The highest BCUT2D eigenvalue weighted by Crippen LogP contribution is 2.29. The zero-order chi connectivity index (χ0) is 10.1. The Labute approximate surface area is 88.8 Å². The van der Waals surface area contributed by atoms with E-state index in [4.69, 9.17) is 11.6 Å². The Morgan fingerprint density at radius 3 is 2.36 bits per heavy atom. The number of hydrogen-bond donors (Lipinski definition) is 0. The number of rotatable bonds is 1. The number of allylic oxidation sites excluding steroid dienone is 1. The van der Waals surface area contributed by atoms with Gasteiger partial charge in [-0.05, 0) is 23.9 Å². The number of fused-ring (bicyclic) bond motifs is 1. The molecule has 0 spiro atoms. The van der Waals surface area contributed by atoms with Gasteiger partial charge < -0.3 is 0 Å². The second-order valence-corrected chi connectivity index (χ2v) is 3.83. The molecule has 70 valence electrons. The van der Waals surface area contributed by atoms with Gasteiger partial charge in [0, 0.05) is 10.4 Å². The average molecular weight is 203 g/mol. The summed E-state index contributed by atoms with van der Waals surface area (Å²) in [6.45, 7) is 5.97. The Bertz CT molecular complexity index is 498. The smallest absolute Gasteiger partial charge is 0.0484 e. The fourth-order valence-electron chi connectivity index (χ4n) is 1.63. The normalized spacial score (nSPS) is 10.4. The molecule has 0 heterocycles. The first-order valence-corrected chi connectivity index (χ1v) is 4.91. The highest BCUT2D eigenvalue weighted by molar-refractivity contribution is 6.35. The van der Waals surface area contributed by atoms with Crippen LogP contribution >= 0.6 is 11.6 Å². The Kier molecular flexibility index (Phi) is 2.30. The predicted molar refractivity (Wildman–Crippen MR) is 63.7 cm³/mol. The molecule has 2 rings (SSSR count). The van der Waals surface area contributed by atoms with Crippen molar-refractivity contribution in [3.05, 3.63) is 53.6 Å². The Morgan fingerprint density at radius 1 is 1.07 bits per heavy atom. The maximum absolute atomic E-state index is 6.10. The lowest BCUT2D eigenvalue weighted by molar-refractivity contribution is 1.63. The molecule has 1 heteroatoms. The van der Waals surface area contributed by atoms with Crippen molar-refractivity contribution in [2.75, 3.05) is 0 Å². The average Bonchev–Trinajstić information content (AvgIpc) is 2.18. The van der Waals surface area contributed by atoms with E-state index in [0.29, 0.717) is 0 Å². The van der Waals surface area contributed by atoms with E-state index in [2.05, 4.69) is 12.6 Å². The molecule has 0 aliphatic carbocycles. The molecule has 0 aliphatic heterocycles. The molecule has 14 heavy (non-hydrogen) atoms. The first kappa shape index (κ1) is 9.29. The van der Waals surface area contributed by atoms with Crippen LogP contribution in [0.25, 0.3) is 16.3 Å². The van der Waals surface area contributed by atoms with Gasteiger partial charge in [0.1, 0.15) is 0 Å². The standard InChI is InChI=1S/C13H11Cl/c1-9(2)10-7-8-13(14)12-6-4-3-5-11(10)12/h3-8H,1H2,2H3. The molecular weight excluding hydrogens is 192 g/mol. The van der Waals surface area contributed by atoms with Crippen LogP contribution in [0.5, 0.6) is 0 Å². The van der Waals surface area contributed by atoms with Gasteiger partial charge in [0.05, 0.1) is 0 Å². The third kappa shape index (κ3) is 1.42. The first-order valence-electron chi connectivity index (χ1n) is 4.53. The molecule has 0 nitrogen and oxygen atoms in total. The maximum Gasteiger partial charge on any atom is 0.0484 e. The molecular formula is C13H11Cl. The van der Waals surface area contributed by atoms with E-state index in [9.17, 15) is 0 Å². The van der Waals surface area contributed by atoms with Gasteiger partial charge in [-0.2, -0.15) is 0 Å². The highest BCUT2D eigenvalue weighted by atomic mass is 35.5. The van der Waals surface area contributed by atoms with Crippen LogP contribution in [-0.2, 0) is 0 Å². The topological polar surface area (TPSA) is 0 Å². The lowest BCUT2D eigenvalue weighted by atomic mass is 10.0. The Morgan fingerprint density at radius 2 is 1.71 bits per heavy atom. The van der Waals surface area contributed by atoms with Crippen LogP contribution < -0.4 is 0 Å². The molecule has 0 amide bonds. The van der Waals surface area contributed by atoms with Crippen LogP contribution in [0.4, 0.5) is 0 Å². The van der Waals surface area contributed by atoms with Gasteiger partial charge >= 0.3 is 0 Å². The van der Waals surface area contributed by atoms with E-state index in [-0.39, 0.29) is 0 Å². The molecule has 0 aromatic heterocycles. The van der Waals surface area contributed by atoms with Crippen LogP contribution in [0.15, 0.2) is 43.0 Å². The van der Waals surface area contributed by atoms with Gasteiger partial charge in [0.25, 0.3) is 0 Å². The third-order valence-corrected chi connectivity index (χ3v) is 2.66. The van der Waals surface area contributed by atoms with Crippen LogP contribution in [0.2, 0.25) is 5.02 Å². The van der Waals surface area contributed by atoms with Crippen LogP contribution in [0.3, 0.4) is 0 Å². The molecule has 0 fully saturated rings. The van der Waals surface area contributed by atoms with Gasteiger partial charge in [0.2, 0.25) is 0 Å². The lowest BCUT2D eigenvalue weighted by Gasteiger charge is -2.06. The van der Waals surface area contributed by atoms with E-state index in [1.807, 2.05) is 37.3 Å². The molecule has 2 aromatic rings. The predicted octanol–water partition coefficient (Wildman–Crippen LogP) is 4.53. The Balaban J connectivity index is 2.88. The minimum atomic E-state index is 0.797. The fraction of sp³-hybridized carbons (Fsp3) is 0.0769. The van der Waals surface area contributed by atoms with Crippen molar-refractivity contribution >= 4 is 27.9 Å². The molecule has 0 N–H and O–H groups in total. The van der Waals surface area contributed by atoms with Crippen molar-refractivity contribution in [1.82, 2.24) is 0 Å². The SMILES string of the molecule is C=C(C)c1ccc(Cl)c2ccccc12. The van der Waals surface area contributed by atoms with Crippen molar-refractivity contribution in [3.8, 4) is 0 Å². The summed E-state index contributed by atoms with van der Waals surface area (Å²) in [6.07, 6.45) is 0. The number of benzene rings is 2. The molecule has 2 aromatic carbocycles. The maximum atomic E-state index is 6.10. The summed E-state index contributed by atoms with van der Waals surface area (Å²) in [4.78, 5) is 0. The molecule has 0 radical (unpaired) electrons. The monoisotopic (exact) mass is 202 g/mol. The Hall–Kier alpha value is -1.27. The summed E-state index contributed by atoms with van der Waals surface area (Å²) >= 11 is 6.10. The fourth-order valence-corrected chi connectivity index (χ4v) is 1.86. The number of hydrogen-bond acceptors (Lipinski definition) is 0. The third-order valence-electron chi connectivity index (χ3n) is 2.33. The van der Waals surface area contributed by atoms with Gasteiger partial charge in [-0.3, -0.25) is 0 Å². The summed E-state index contributed by atoms with van der Waals surface area (Å²) in [5, 5.41) is 3.06. The quantitative estimate of drug-likeness (QED) is 0.638. The van der Waals surface area contributed by atoms with Gasteiger partial charge in [-0.25, -0.2) is 0 Å². The molecule has 0 aliphatic rings. The second kappa shape index (κ2) is 3.47. The van der Waals surface area contributed by atoms with E-state index < -0.39 is 0 Å². The largest absolute Gasteiger partial charge is 0.0955 e. The van der Waals surface area contributed by atoms with Gasteiger partial charge in [-0.15, -0.1) is 0 Å². The second-order valence-electron chi connectivity index (χ2n) is 3.42. The zero-order valence-corrected chi connectivity index (χ0v) is 8.81. The first-order chi connectivity index (χ1) is 6.70. The van der Waals surface area contributed by atoms with E-state index >= 15 is 0 Å². The molecule has 0 saturated carbocycles. The van der Waals surface area contributed by atoms with Crippen molar-refractivity contribution in [3.63, 3.8) is 0 Å². The van der Waals surface area contributed by atoms with Crippen molar-refractivity contribution in [2.24, 2.45) is 0 Å². The van der Waals surface area contributed by atoms with Crippen molar-refractivity contribution < 1.29 is 0 Å². The molecule has 0 saturated heterocycles. The summed E-state index contributed by atoms with van der Waals surface area (Å²) < 4.78 is 0. The van der Waals surface area contributed by atoms with Crippen LogP contribution in [0.1, 0.15) is 12.5 Å². The minimum Gasteiger partial charge on any atom is -0.0955 e. The van der Waals surface area contributed by atoms with Crippen LogP contribution in [-0.4, -0.2) is 0 Å². The summed E-state index contributed by atoms with van der Waals surface area (Å²) in [6, 6.07) is 12.1. The van der Waals surface area contributed by atoms with Gasteiger partial charge in [-0.1, -0.05) is 54.1 Å². The minimum absolute atomic E-state index is 0.797. The summed E-state index contributed by atoms with van der Waals surface area (Å²) in [5.74, 6) is 0. The lowest BCUT2D eigenvalue weighted by Crippen LogP contribution is -1.82. The van der Waals surface area contributed by atoms with E-state index in [1.54, 1.807) is 0 Å². The molecule has 0 unspecified atom stereocenters. The highest BCUT2D eigenvalue weighted by Gasteiger charge is 2.03. The zero-order valence-electron chi connectivity index (χ0n) is 8.05. The molecule has 0 atom stereocenters.